The second kappa shape index (κ2) is 9.48. The minimum atomic E-state index is -0.387. The molecule has 2 heterocycles. The molecule has 1 aromatic heterocycles. The van der Waals surface area contributed by atoms with E-state index in [9.17, 15) is 9.59 Å². The third kappa shape index (κ3) is 4.50. The third-order valence-electron chi connectivity index (χ3n) is 5.48. The fraction of sp³-hybridized carbons (Fsp3) is 0.250. The van der Waals surface area contributed by atoms with Gasteiger partial charge < -0.3 is 24.1 Å². The van der Waals surface area contributed by atoms with Crippen molar-refractivity contribution in [2.45, 2.75) is 18.9 Å². The Morgan fingerprint density at radius 1 is 1.09 bits per heavy atom. The molecule has 0 spiro atoms. The lowest BCUT2D eigenvalue weighted by atomic mass is 10.0. The Hall–Kier alpha value is -3.26. The topological polar surface area (TPSA) is 81.0 Å². The van der Waals surface area contributed by atoms with Gasteiger partial charge in [0.2, 0.25) is 0 Å². The molecule has 1 unspecified atom stereocenters. The van der Waals surface area contributed by atoms with Crippen LogP contribution in [0.2, 0.25) is 0 Å². The maximum Gasteiger partial charge on any atom is 0.291 e. The molecule has 2 amide bonds. The van der Waals surface area contributed by atoms with E-state index in [1.165, 1.54) is 0 Å². The average Bonchev–Trinajstić information content (AvgIpc) is 3.47. The maximum atomic E-state index is 13.4. The molecule has 0 aliphatic carbocycles. The molecule has 1 atom stereocenters. The van der Waals surface area contributed by atoms with Crippen molar-refractivity contribution in [1.29, 1.82) is 0 Å². The van der Waals surface area contributed by atoms with Crippen molar-refractivity contribution in [2.24, 2.45) is 0 Å². The minimum absolute atomic E-state index is 0.0952. The van der Waals surface area contributed by atoms with Crippen molar-refractivity contribution in [3.05, 3.63) is 76.2 Å². The number of furan rings is 1. The van der Waals surface area contributed by atoms with Gasteiger partial charge >= 0.3 is 0 Å². The SMILES string of the molecule is COc1ccc(C2CCCN2C(=O)c2cccc(NC(=O)c3ccc(Br)o3)c2)c(OC)c1. The van der Waals surface area contributed by atoms with Gasteiger partial charge in [-0.2, -0.15) is 0 Å². The van der Waals surface area contributed by atoms with Gasteiger partial charge in [0.25, 0.3) is 11.8 Å². The summed E-state index contributed by atoms with van der Waals surface area (Å²) in [6.07, 6.45) is 1.74. The summed E-state index contributed by atoms with van der Waals surface area (Å²) in [5, 5.41) is 2.77. The second-order valence-corrected chi connectivity index (χ2v) is 8.18. The van der Waals surface area contributed by atoms with Gasteiger partial charge in [-0.25, -0.2) is 0 Å². The van der Waals surface area contributed by atoms with Crippen LogP contribution < -0.4 is 14.8 Å². The monoisotopic (exact) mass is 498 g/mol. The van der Waals surface area contributed by atoms with Crippen LogP contribution in [-0.2, 0) is 0 Å². The molecule has 3 aromatic rings. The number of rotatable bonds is 6. The summed E-state index contributed by atoms with van der Waals surface area (Å²) >= 11 is 3.18. The third-order valence-corrected chi connectivity index (χ3v) is 5.90. The van der Waals surface area contributed by atoms with E-state index in [0.29, 0.717) is 34.0 Å². The van der Waals surface area contributed by atoms with Crippen LogP contribution >= 0.6 is 15.9 Å². The highest BCUT2D eigenvalue weighted by Gasteiger charge is 2.32. The number of hydrogen-bond donors (Lipinski definition) is 1. The molecule has 4 rings (SSSR count). The number of nitrogens with one attached hydrogen (secondary N) is 1. The molecule has 7 nitrogen and oxygen atoms in total. The highest BCUT2D eigenvalue weighted by Crippen LogP contribution is 2.39. The Bertz CT molecular complexity index is 1140. The van der Waals surface area contributed by atoms with Gasteiger partial charge in [-0.05, 0) is 71.2 Å². The molecule has 0 radical (unpaired) electrons. The first-order valence-corrected chi connectivity index (χ1v) is 11.0. The van der Waals surface area contributed by atoms with Gasteiger partial charge in [0, 0.05) is 29.4 Å². The van der Waals surface area contributed by atoms with Crippen LogP contribution in [0.4, 0.5) is 5.69 Å². The molecular weight excluding hydrogens is 476 g/mol. The molecule has 166 valence electrons. The number of likely N-dealkylation sites (tertiary alicyclic amines) is 1. The first-order valence-electron chi connectivity index (χ1n) is 10.2. The number of amides is 2. The van der Waals surface area contributed by atoms with Crippen LogP contribution in [0.3, 0.4) is 0 Å². The highest BCUT2D eigenvalue weighted by atomic mass is 79.9. The van der Waals surface area contributed by atoms with Crippen LogP contribution in [-0.4, -0.2) is 37.5 Å². The lowest BCUT2D eigenvalue weighted by Gasteiger charge is -2.27. The van der Waals surface area contributed by atoms with Gasteiger partial charge in [0.1, 0.15) is 11.5 Å². The Balaban J connectivity index is 1.55. The summed E-state index contributed by atoms with van der Waals surface area (Å²) in [6.45, 7) is 0.649. The van der Waals surface area contributed by atoms with Gasteiger partial charge in [0.15, 0.2) is 10.4 Å². The van der Waals surface area contributed by atoms with Crippen molar-refractivity contribution in [3.8, 4) is 11.5 Å². The van der Waals surface area contributed by atoms with Gasteiger partial charge in [0.05, 0.1) is 20.3 Å². The number of halogens is 1. The van der Waals surface area contributed by atoms with E-state index in [4.69, 9.17) is 13.9 Å². The first-order chi connectivity index (χ1) is 15.5. The molecule has 8 heteroatoms. The van der Waals surface area contributed by atoms with E-state index in [2.05, 4.69) is 21.2 Å². The first kappa shape index (κ1) is 22.0. The lowest BCUT2D eigenvalue weighted by Crippen LogP contribution is -2.30. The molecule has 1 aliphatic rings. The molecule has 1 aliphatic heterocycles. The number of hydrogen-bond acceptors (Lipinski definition) is 5. The maximum absolute atomic E-state index is 13.4. The Morgan fingerprint density at radius 2 is 1.94 bits per heavy atom. The molecule has 32 heavy (non-hydrogen) atoms. The van der Waals surface area contributed by atoms with Crippen molar-refractivity contribution in [1.82, 2.24) is 4.90 Å². The fourth-order valence-corrected chi connectivity index (χ4v) is 4.26. The van der Waals surface area contributed by atoms with Crippen molar-refractivity contribution < 1.29 is 23.5 Å². The van der Waals surface area contributed by atoms with Crippen LogP contribution in [0.5, 0.6) is 11.5 Å². The molecule has 1 fully saturated rings. The van der Waals surface area contributed by atoms with Gasteiger partial charge in [-0.3, -0.25) is 9.59 Å². The predicted octanol–water partition coefficient (Wildman–Crippen LogP) is 5.29. The molecule has 2 aromatic carbocycles. The molecule has 1 saturated heterocycles. The molecule has 0 bridgehead atoms. The number of carbonyl (C=O) groups is 2. The molecule has 0 saturated carbocycles. The smallest absolute Gasteiger partial charge is 0.291 e. The summed E-state index contributed by atoms with van der Waals surface area (Å²) in [5.74, 6) is 1.09. The van der Waals surface area contributed by atoms with Crippen LogP contribution in [0, 0.1) is 0 Å². The minimum Gasteiger partial charge on any atom is -0.497 e. The van der Waals surface area contributed by atoms with E-state index in [-0.39, 0.29) is 23.6 Å². The number of benzene rings is 2. The van der Waals surface area contributed by atoms with Crippen LogP contribution in [0.15, 0.2) is 63.7 Å². The van der Waals surface area contributed by atoms with Gasteiger partial charge in [-0.1, -0.05) is 6.07 Å². The summed E-state index contributed by atoms with van der Waals surface area (Å²) < 4.78 is 16.6. The van der Waals surface area contributed by atoms with Crippen molar-refractivity contribution in [3.63, 3.8) is 0 Å². The Morgan fingerprint density at radius 3 is 2.66 bits per heavy atom. The van der Waals surface area contributed by atoms with Crippen LogP contribution in [0.25, 0.3) is 0 Å². The number of nitrogens with zero attached hydrogens (tertiary/aromatic N) is 1. The summed E-state index contributed by atoms with van der Waals surface area (Å²) in [7, 11) is 3.22. The van der Waals surface area contributed by atoms with E-state index < -0.39 is 0 Å². The number of ether oxygens (including phenoxy) is 2. The summed E-state index contributed by atoms with van der Waals surface area (Å²) in [6, 6.07) is 15.7. The number of anilines is 1. The summed E-state index contributed by atoms with van der Waals surface area (Å²) in [4.78, 5) is 27.6. The number of carbonyl (C=O) groups excluding carboxylic acids is 2. The zero-order valence-corrected chi connectivity index (χ0v) is 19.3. The summed E-state index contributed by atoms with van der Waals surface area (Å²) in [5.41, 5.74) is 1.97. The van der Waals surface area contributed by atoms with Crippen molar-refractivity contribution in [2.75, 3.05) is 26.1 Å². The van der Waals surface area contributed by atoms with E-state index in [1.807, 2.05) is 23.1 Å². The van der Waals surface area contributed by atoms with Crippen molar-refractivity contribution >= 4 is 33.4 Å². The second-order valence-electron chi connectivity index (χ2n) is 7.40. The average molecular weight is 499 g/mol. The standard InChI is InChI=1S/C24H23BrN2O5/c1-30-17-8-9-18(21(14-17)31-2)19-7-4-12-27(19)24(29)15-5-3-6-16(13-15)26-23(28)20-10-11-22(25)32-20/h3,5-6,8-11,13-14,19H,4,7,12H2,1-2H3,(H,26,28). The fourth-order valence-electron chi connectivity index (χ4n) is 3.95. The van der Waals surface area contributed by atoms with Crippen LogP contribution in [0.1, 0.15) is 45.4 Å². The largest absolute Gasteiger partial charge is 0.497 e. The quantitative estimate of drug-likeness (QED) is 0.499. The van der Waals surface area contributed by atoms with Gasteiger partial charge in [-0.15, -0.1) is 0 Å². The lowest BCUT2D eigenvalue weighted by molar-refractivity contribution is 0.0734. The zero-order valence-electron chi connectivity index (χ0n) is 17.8. The van der Waals surface area contributed by atoms with E-state index in [1.54, 1.807) is 50.6 Å². The predicted molar refractivity (Wildman–Crippen MR) is 123 cm³/mol. The number of methoxy groups -OCH3 is 2. The normalized spacial score (nSPS) is 15.5. The highest BCUT2D eigenvalue weighted by molar-refractivity contribution is 9.10. The molecular formula is C24H23BrN2O5. The molecule has 1 N–H and O–H groups in total. The Labute approximate surface area is 194 Å². The Kier molecular flexibility index (Phi) is 6.50. The van der Waals surface area contributed by atoms with E-state index in [0.717, 1.165) is 18.4 Å². The van der Waals surface area contributed by atoms with E-state index >= 15 is 0 Å². The zero-order chi connectivity index (χ0) is 22.7.